The van der Waals surface area contributed by atoms with Crippen LogP contribution < -0.4 is 5.32 Å². The van der Waals surface area contributed by atoms with Gasteiger partial charge in [0, 0.05) is 22.3 Å². The second kappa shape index (κ2) is 8.84. The Morgan fingerprint density at radius 1 is 1.22 bits per heavy atom. The number of hydrogen-bond acceptors (Lipinski definition) is 4. The molecule has 0 bridgehead atoms. The molecule has 3 atom stereocenters. The van der Waals surface area contributed by atoms with Gasteiger partial charge in [0.15, 0.2) is 0 Å². The normalized spacial score (nSPS) is 23.3. The van der Waals surface area contributed by atoms with Gasteiger partial charge in [-0.15, -0.1) is 0 Å². The number of benzene rings is 1. The van der Waals surface area contributed by atoms with E-state index in [9.17, 15) is 14.4 Å². The molecule has 1 aromatic rings. The predicted molar refractivity (Wildman–Crippen MR) is 108 cm³/mol. The summed E-state index contributed by atoms with van der Waals surface area (Å²) >= 11 is 13.5. The Kier molecular flexibility index (Phi) is 6.71. The SMILES string of the molecule is CSCC(C(=O)NCc1ccc(Cl)cc1Cl)N1C(=O)C2CCCCC2C1=O. The van der Waals surface area contributed by atoms with Gasteiger partial charge < -0.3 is 5.32 Å². The fourth-order valence-electron chi connectivity index (χ4n) is 3.89. The van der Waals surface area contributed by atoms with E-state index in [-0.39, 0.29) is 36.1 Å². The standard InChI is InChI=1S/C19H22Cl2N2O3S/c1-27-10-16(17(24)22-9-11-6-7-12(20)8-15(11)21)23-18(25)13-4-2-3-5-14(13)19(23)26/h6-8,13-14,16H,2-5,9-10H2,1H3,(H,22,24). The molecule has 0 radical (unpaired) electrons. The molecule has 2 aliphatic rings. The van der Waals surface area contributed by atoms with Crippen LogP contribution in [0.1, 0.15) is 31.2 Å². The molecule has 1 saturated carbocycles. The smallest absolute Gasteiger partial charge is 0.244 e. The minimum atomic E-state index is -0.795. The van der Waals surface area contributed by atoms with Crippen LogP contribution in [0.2, 0.25) is 10.0 Å². The summed E-state index contributed by atoms with van der Waals surface area (Å²) in [6, 6.07) is 4.26. The summed E-state index contributed by atoms with van der Waals surface area (Å²) < 4.78 is 0. The zero-order valence-corrected chi connectivity index (χ0v) is 17.4. The van der Waals surface area contributed by atoms with Crippen molar-refractivity contribution in [3.8, 4) is 0 Å². The molecule has 1 N–H and O–H groups in total. The highest BCUT2D eigenvalue weighted by Gasteiger charge is 2.51. The minimum Gasteiger partial charge on any atom is -0.350 e. The molecule has 3 amide bonds. The van der Waals surface area contributed by atoms with Crippen LogP contribution in [0.15, 0.2) is 18.2 Å². The first-order valence-corrected chi connectivity index (χ1v) is 11.2. The van der Waals surface area contributed by atoms with E-state index in [1.54, 1.807) is 18.2 Å². The van der Waals surface area contributed by atoms with Crippen molar-refractivity contribution in [1.29, 1.82) is 0 Å². The molecule has 3 unspecified atom stereocenters. The number of thioether (sulfide) groups is 1. The minimum absolute atomic E-state index is 0.191. The van der Waals surface area contributed by atoms with Crippen molar-refractivity contribution < 1.29 is 14.4 Å². The Morgan fingerprint density at radius 2 is 1.85 bits per heavy atom. The molecule has 1 aliphatic heterocycles. The van der Waals surface area contributed by atoms with Gasteiger partial charge in [0.2, 0.25) is 17.7 Å². The van der Waals surface area contributed by atoms with Crippen LogP contribution in [0.25, 0.3) is 0 Å². The molecule has 1 aromatic carbocycles. The van der Waals surface area contributed by atoms with Crippen LogP contribution in [-0.4, -0.2) is 40.7 Å². The first-order valence-electron chi connectivity index (χ1n) is 9.01. The lowest BCUT2D eigenvalue weighted by molar-refractivity contribution is -0.147. The van der Waals surface area contributed by atoms with Crippen LogP contribution >= 0.6 is 35.0 Å². The summed E-state index contributed by atoms with van der Waals surface area (Å²) in [4.78, 5) is 39.7. The average Bonchev–Trinajstić information content (AvgIpc) is 2.90. The molecular formula is C19H22Cl2N2O3S. The predicted octanol–water partition coefficient (Wildman–Crippen LogP) is 3.52. The first kappa shape index (κ1) is 20.5. The van der Waals surface area contributed by atoms with E-state index in [0.717, 1.165) is 31.2 Å². The number of rotatable bonds is 6. The Labute approximate surface area is 173 Å². The van der Waals surface area contributed by atoms with Crippen molar-refractivity contribution in [3.63, 3.8) is 0 Å². The fourth-order valence-corrected chi connectivity index (χ4v) is 4.98. The van der Waals surface area contributed by atoms with Crippen molar-refractivity contribution in [3.05, 3.63) is 33.8 Å². The third-order valence-corrected chi connectivity index (χ3v) is 6.52. The molecule has 3 rings (SSSR count). The van der Waals surface area contributed by atoms with Crippen LogP contribution in [0.5, 0.6) is 0 Å². The van der Waals surface area contributed by atoms with Gasteiger partial charge in [-0.1, -0.05) is 42.1 Å². The maximum absolute atomic E-state index is 12.8. The Balaban J connectivity index is 1.73. The summed E-state index contributed by atoms with van der Waals surface area (Å²) in [7, 11) is 0. The van der Waals surface area contributed by atoms with E-state index in [1.807, 2.05) is 6.26 Å². The number of imide groups is 1. The van der Waals surface area contributed by atoms with Crippen molar-refractivity contribution in [2.45, 2.75) is 38.3 Å². The summed E-state index contributed by atoms with van der Waals surface area (Å²) in [5.74, 6) is -0.859. The third-order valence-electron chi connectivity index (χ3n) is 5.28. The van der Waals surface area contributed by atoms with E-state index >= 15 is 0 Å². The van der Waals surface area contributed by atoms with Gasteiger partial charge in [-0.25, -0.2) is 0 Å². The van der Waals surface area contributed by atoms with Gasteiger partial charge in [0.05, 0.1) is 11.8 Å². The van der Waals surface area contributed by atoms with Gasteiger partial charge in [0.25, 0.3) is 0 Å². The molecule has 2 fully saturated rings. The summed E-state index contributed by atoms with van der Waals surface area (Å²) in [5.41, 5.74) is 0.727. The second-order valence-electron chi connectivity index (χ2n) is 6.97. The van der Waals surface area contributed by atoms with Crippen molar-refractivity contribution in [1.82, 2.24) is 10.2 Å². The highest BCUT2D eigenvalue weighted by Crippen LogP contribution is 2.39. The molecule has 5 nitrogen and oxygen atoms in total. The van der Waals surface area contributed by atoms with Gasteiger partial charge in [-0.3, -0.25) is 19.3 Å². The lowest BCUT2D eigenvalue weighted by Gasteiger charge is -2.25. The number of carbonyl (C=O) groups excluding carboxylic acids is 3. The van der Waals surface area contributed by atoms with E-state index < -0.39 is 6.04 Å². The van der Waals surface area contributed by atoms with E-state index in [1.165, 1.54) is 16.7 Å². The molecule has 0 aromatic heterocycles. The highest BCUT2D eigenvalue weighted by molar-refractivity contribution is 7.98. The molecule has 1 heterocycles. The fraction of sp³-hybridized carbons (Fsp3) is 0.526. The van der Waals surface area contributed by atoms with Crippen LogP contribution in [0.3, 0.4) is 0 Å². The van der Waals surface area contributed by atoms with Gasteiger partial charge in [-0.05, 0) is 36.8 Å². The van der Waals surface area contributed by atoms with Gasteiger partial charge in [0.1, 0.15) is 6.04 Å². The topological polar surface area (TPSA) is 66.5 Å². The summed E-state index contributed by atoms with van der Waals surface area (Å²) in [6.07, 6.45) is 5.25. The lowest BCUT2D eigenvalue weighted by atomic mass is 9.81. The number of nitrogens with zero attached hydrogens (tertiary/aromatic N) is 1. The lowest BCUT2D eigenvalue weighted by Crippen LogP contribution is -2.51. The highest BCUT2D eigenvalue weighted by atomic mass is 35.5. The number of likely N-dealkylation sites (tertiary alicyclic amines) is 1. The molecule has 1 aliphatic carbocycles. The van der Waals surface area contributed by atoms with E-state index in [2.05, 4.69) is 5.32 Å². The van der Waals surface area contributed by atoms with E-state index in [0.29, 0.717) is 15.8 Å². The zero-order chi connectivity index (χ0) is 19.6. The Bertz CT molecular complexity index is 734. The number of carbonyl (C=O) groups is 3. The molecule has 1 saturated heterocycles. The monoisotopic (exact) mass is 428 g/mol. The second-order valence-corrected chi connectivity index (χ2v) is 8.72. The Hall–Kier alpha value is -1.24. The van der Waals surface area contributed by atoms with E-state index in [4.69, 9.17) is 23.2 Å². The zero-order valence-electron chi connectivity index (χ0n) is 15.0. The largest absolute Gasteiger partial charge is 0.350 e. The van der Waals surface area contributed by atoms with Crippen LogP contribution in [0, 0.1) is 11.8 Å². The third kappa shape index (κ3) is 4.28. The van der Waals surface area contributed by atoms with Crippen LogP contribution in [-0.2, 0) is 20.9 Å². The summed E-state index contributed by atoms with van der Waals surface area (Å²) in [5, 5.41) is 3.80. The molecule has 8 heteroatoms. The number of fused-ring (bicyclic) bond motifs is 1. The number of amides is 3. The number of nitrogens with one attached hydrogen (secondary N) is 1. The van der Waals surface area contributed by atoms with Gasteiger partial charge in [-0.2, -0.15) is 11.8 Å². The van der Waals surface area contributed by atoms with Gasteiger partial charge >= 0.3 is 0 Å². The molecule has 0 spiro atoms. The number of halogens is 2. The van der Waals surface area contributed by atoms with Crippen molar-refractivity contribution in [2.75, 3.05) is 12.0 Å². The maximum Gasteiger partial charge on any atom is 0.244 e. The van der Waals surface area contributed by atoms with Crippen molar-refractivity contribution in [2.24, 2.45) is 11.8 Å². The quantitative estimate of drug-likeness (QED) is 0.703. The average molecular weight is 429 g/mol. The van der Waals surface area contributed by atoms with Crippen molar-refractivity contribution >= 4 is 52.7 Å². The first-order chi connectivity index (χ1) is 12.9. The maximum atomic E-state index is 12.8. The molecule has 27 heavy (non-hydrogen) atoms. The molecular weight excluding hydrogens is 407 g/mol. The summed E-state index contributed by atoms with van der Waals surface area (Å²) in [6.45, 7) is 0.211. The number of hydrogen-bond donors (Lipinski definition) is 1. The van der Waals surface area contributed by atoms with Crippen LogP contribution in [0.4, 0.5) is 0 Å². The molecule has 146 valence electrons. The Morgan fingerprint density at radius 3 is 2.41 bits per heavy atom.